The molecule has 0 heterocycles. The summed E-state index contributed by atoms with van der Waals surface area (Å²) in [6, 6.07) is 6.84. The Kier molecular flexibility index (Phi) is 8.90. The predicted octanol–water partition coefficient (Wildman–Crippen LogP) is 3.35. The van der Waals surface area contributed by atoms with E-state index < -0.39 is 8.38 Å². The average Bonchev–Trinajstić information content (AvgIpc) is 2.54. The highest BCUT2D eigenvalue weighted by Gasteiger charge is 2.16. The fourth-order valence-corrected chi connectivity index (χ4v) is 3.30. The highest BCUT2D eigenvalue weighted by atomic mass is 31.2. The van der Waals surface area contributed by atoms with Crippen LogP contribution in [0.2, 0.25) is 0 Å². The maximum absolute atomic E-state index is 12.4. The molecular weight excluding hydrogens is 301 g/mol. The fourth-order valence-electron chi connectivity index (χ4n) is 1.99. The predicted molar refractivity (Wildman–Crippen MR) is 88.4 cm³/mol. The summed E-state index contributed by atoms with van der Waals surface area (Å²) in [5, 5.41) is 0. The first-order chi connectivity index (χ1) is 10.6. The van der Waals surface area contributed by atoms with Gasteiger partial charge in [0.05, 0.1) is 18.8 Å². The number of nitrogens with zero attached hydrogens (tertiary/aromatic N) is 1. The maximum Gasteiger partial charge on any atom is 0.254 e. The zero-order valence-corrected chi connectivity index (χ0v) is 14.3. The lowest BCUT2D eigenvalue weighted by atomic mass is 10.1. The van der Waals surface area contributed by atoms with Crippen molar-refractivity contribution in [2.75, 3.05) is 33.0 Å². The van der Waals surface area contributed by atoms with E-state index in [0.29, 0.717) is 37.2 Å². The number of hydrogen-bond donors (Lipinski definition) is 0. The van der Waals surface area contributed by atoms with Crippen molar-refractivity contribution in [3.63, 3.8) is 0 Å². The first kappa shape index (κ1) is 18.8. The number of rotatable bonds is 10. The van der Waals surface area contributed by atoms with Crippen LogP contribution in [-0.4, -0.2) is 50.1 Å². The van der Waals surface area contributed by atoms with Crippen LogP contribution < -0.4 is 0 Å². The lowest BCUT2D eigenvalue weighted by Crippen LogP contribution is -2.29. The first-order valence-electron chi connectivity index (χ1n) is 7.47. The molecule has 1 aromatic carbocycles. The SMILES string of the molecule is CCOP(CCCN(C)C(=O)c1ccccc1C=O)OCC. The summed E-state index contributed by atoms with van der Waals surface area (Å²) >= 11 is 0. The second kappa shape index (κ2) is 10.4. The Hall–Kier alpha value is -1.29. The van der Waals surface area contributed by atoms with Crippen LogP contribution in [0.25, 0.3) is 0 Å². The molecule has 0 aliphatic carbocycles. The number of carbonyl (C=O) groups is 2. The van der Waals surface area contributed by atoms with E-state index in [-0.39, 0.29) is 5.91 Å². The van der Waals surface area contributed by atoms with Gasteiger partial charge in [-0.1, -0.05) is 18.2 Å². The fraction of sp³-hybridized carbons (Fsp3) is 0.500. The lowest BCUT2D eigenvalue weighted by molar-refractivity contribution is 0.0791. The van der Waals surface area contributed by atoms with E-state index in [1.165, 1.54) is 0 Å². The third kappa shape index (κ3) is 5.84. The Balaban J connectivity index is 2.52. The molecule has 0 spiro atoms. The molecule has 5 nitrogen and oxygen atoms in total. The van der Waals surface area contributed by atoms with Gasteiger partial charge in [0.15, 0.2) is 14.7 Å². The number of hydrogen-bond acceptors (Lipinski definition) is 4. The van der Waals surface area contributed by atoms with Crippen LogP contribution in [0.4, 0.5) is 0 Å². The molecule has 0 fully saturated rings. The van der Waals surface area contributed by atoms with Gasteiger partial charge in [0, 0.05) is 25.3 Å². The van der Waals surface area contributed by atoms with Crippen molar-refractivity contribution in [3.05, 3.63) is 35.4 Å². The van der Waals surface area contributed by atoms with Crippen LogP contribution in [0.15, 0.2) is 24.3 Å². The van der Waals surface area contributed by atoms with E-state index in [1.807, 2.05) is 13.8 Å². The summed E-state index contributed by atoms with van der Waals surface area (Å²) in [6.45, 7) is 5.76. The number of aldehydes is 1. The van der Waals surface area contributed by atoms with Gasteiger partial charge in [-0.15, -0.1) is 0 Å². The number of carbonyl (C=O) groups excluding carboxylic acids is 2. The molecule has 1 aromatic rings. The van der Waals surface area contributed by atoms with Gasteiger partial charge in [-0.3, -0.25) is 9.59 Å². The molecule has 122 valence electrons. The van der Waals surface area contributed by atoms with Crippen molar-refractivity contribution in [1.29, 1.82) is 0 Å². The van der Waals surface area contributed by atoms with Crippen LogP contribution in [-0.2, 0) is 9.05 Å². The lowest BCUT2D eigenvalue weighted by Gasteiger charge is -2.20. The highest BCUT2D eigenvalue weighted by molar-refractivity contribution is 7.47. The van der Waals surface area contributed by atoms with Crippen LogP contribution >= 0.6 is 8.38 Å². The molecule has 22 heavy (non-hydrogen) atoms. The van der Waals surface area contributed by atoms with E-state index in [4.69, 9.17) is 9.05 Å². The normalized spacial score (nSPS) is 10.7. The number of amides is 1. The van der Waals surface area contributed by atoms with Gasteiger partial charge >= 0.3 is 0 Å². The van der Waals surface area contributed by atoms with Crippen LogP contribution in [0, 0.1) is 0 Å². The molecule has 0 N–H and O–H groups in total. The minimum absolute atomic E-state index is 0.139. The molecule has 6 heteroatoms. The third-order valence-corrected chi connectivity index (χ3v) is 4.82. The molecule has 0 unspecified atom stereocenters. The molecule has 0 atom stereocenters. The second-order valence-electron chi connectivity index (χ2n) is 4.68. The first-order valence-corrected chi connectivity index (χ1v) is 8.83. The molecule has 0 saturated heterocycles. The van der Waals surface area contributed by atoms with Gasteiger partial charge < -0.3 is 13.9 Å². The minimum atomic E-state index is -0.868. The van der Waals surface area contributed by atoms with E-state index in [9.17, 15) is 9.59 Å². The van der Waals surface area contributed by atoms with Gasteiger partial charge in [-0.05, 0) is 26.3 Å². The summed E-state index contributed by atoms with van der Waals surface area (Å²) < 4.78 is 11.1. The molecule has 0 bridgehead atoms. The zero-order valence-electron chi connectivity index (χ0n) is 13.4. The Morgan fingerprint density at radius 3 is 2.45 bits per heavy atom. The van der Waals surface area contributed by atoms with Crippen molar-refractivity contribution in [1.82, 2.24) is 4.90 Å². The van der Waals surface area contributed by atoms with Crippen molar-refractivity contribution in [3.8, 4) is 0 Å². The van der Waals surface area contributed by atoms with Gasteiger partial charge in [0.2, 0.25) is 0 Å². The van der Waals surface area contributed by atoms with Crippen molar-refractivity contribution >= 4 is 20.6 Å². The van der Waals surface area contributed by atoms with Gasteiger partial charge in [-0.25, -0.2) is 0 Å². The van der Waals surface area contributed by atoms with Gasteiger partial charge in [0.25, 0.3) is 5.91 Å². The average molecular weight is 325 g/mol. The Labute approximate surface area is 133 Å². The van der Waals surface area contributed by atoms with E-state index in [1.54, 1.807) is 36.2 Å². The largest absolute Gasteiger partial charge is 0.342 e. The topological polar surface area (TPSA) is 55.8 Å². The molecule has 1 rings (SSSR count). The Morgan fingerprint density at radius 2 is 1.86 bits per heavy atom. The Morgan fingerprint density at radius 1 is 1.23 bits per heavy atom. The van der Waals surface area contributed by atoms with Crippen LogP contribution in [0.1, 0.15) is 41.0 Å². The third-order valence-electron chi connectivity index (χ3n) is 3.05. The molecule has 0 radical (unpaired) electrons. The van der Waals surface area contributed by atoms with Crippen LogP contribution in [0.5, 0.6) is 0 Å². The minimum Gasteiger partial charge on any atom is -0.342 e. The summed E-state index contributed by atoms with van der Waals surface area (Å²) in [6.07, 6.45) is 2.31. The van der Waals surface area contributed by atoms with Crippen LogP contribution in [0.3, 0.4) is 0 Å². The molecular formula is C16H24NO4P. The summed E-state index contributed by atoms with van der Waals surface area (Å²) in [5.74, 6) is -0.139. The second-order valence-corrected chi connectivity index (χ2v) is 6.31. The Bertz CT molecular complexity index is 475. The molecule has 0 aliphatic heterocycles. The van der Waals surface area contributed by atoms with Crippen molar-refractivity contribution < 1.29 is 18.6 Å². The standard InChI is InChI=1S/C16H24NO4P/c1-4-20-22(21-5-2)12-8-11-17(3)16(19)15-10-7-6-9-14(15)13-18/h6-7,9-10,13H,4-5,8,11-12H2,1-3H3. The smallest absolute Gasteiger partial charge is 0.254 e. The van der Waals surface area contributed by atoms with Gasteiger partial charge in [-0.2, -0.15) is 0 Å². The monoisotopic (exact) mass is 325 g/mol. The maximum atomic E-state index is 12.4. The summed E-state index contributed by atoms with van der Waals surface area (Å²) in [4.78, 5) is 25.0. The van der Waals surface area contributed by atoms with Crippen molar-refractivity contribution in [2.24, 2.45) is 0 Å². The van der Waals surface area contributed by atoms with E-state index >= 15 is 0 Å². The molecule has 0 aromatic heterocycles. The number of benzene rings is 1. The quantitative estimate of drug-likeness (QED) is 0.489. The summed E-state index contributed by atoms with van der Waals surface area (Å²) in [5.41, 5.74) is 0.863. The highest BCUT2D eigenvalue weighted by Crippen LogP contribution is 2.38. The van der Waals surface area contributed by atoms with E-state index in [0.717, 1.165) is 12.6 Å². The van der Waals surface area contributed by atoms with Gasteiger partial charge in [0.1, 0.15) is 0 Å². The molecule has 0 aliphatic rings. The summed E-state index contributed by atoms with van der Waals surface area (Å²) in [7, 11) is 0.875. The van der Waals surface area contributed by atoms with E-state index in [2.05, 4.69) is 0 Å². The zero-order chi connectivity index (χ0) is 16.4. The van der Waals surface area contributed by atoms with Crippen molar-refractivity contribution in [2.45, 2.75) is 20.3 Å². The molecule has 0 saturated carbocycles. The molecule has 1 amide bonds.